The van der Waals surface area contributed by atoms with Crippen LogP contribution < -0.4 is 4.90 Å². The van der Waals surface area contributed by atoms with Crippen molar-refractivity contribution < 1.29 is 8.39 Å². The summed E-state index contributed by atoms with van der Waals surface area (Å²) in [4.78, 5) is 2.18. The second-order valence-electron chi connectivity index (χ2n) is 7.62. The van der Waals surface area contributed by atoms with Crippen molar-refractivity contribution >= 4 is 57.8 Å². The molecule has 3 nitrogen and oxygen atoms in total. The summed E-state index contributed by atoms with van der Waals surface area (Å²) in [6.45, 7) is 4.27. The van der Waals surface area contributed by atoms with Crippen LogP contribution in [-0.4, -0.2) is 14.1 Å². The van der Waals surface area contributed by atoms with Crippen molar-refractivity contribution in [1.82, 2.24) is 0 Å². The Morgan fingerprint density at radius 1 is 0.786 bits per heavy atom. The number of benzene rings is 4. The first-order valence-corrected chi connectivity index (χ1v) is 10.2. The molecule has 1 atom stereocenters. The molecule has 0 saturated heterocycles. The van der Waals surface area contributed by atoms with Gasteiger partial charge in [0.05, 0.1) is 0 Å². The van der Waals surface area contributed by atoms with Crippen molar-refractivity contribution in [2.45, 2.75) is 13.8 Å². The fourth-order valence-corrected chi connectivity index (χ4v) is 4.84. The summed E-state index contributed by atoms with van der Waals surface area (Å²) in [6, 6.07) is 19.4. The lowest BCUT2D eigenvalue weighted by Gasteiger charge is -2.18. The standard InChI is InChI=1S/C24H22NO2P/c1-14-11-19-18(20(12-14)25(3)4)13-15(2)24-23(19)22-17-8-6-5-7-16(17)9-10-21(22)26-28-27-24/h5-13,28H,1-4H3. The van der Waals surface area contributed by atoms with Crippen LogP contribution in [0.2, 0.25) is 0 Å². The zero-order chi connectivity index (χ0) is 19.4. The van der Waals surface area contributed by atoms with Crippen LogP contribution in [0.4, 0.5) is 5.69 Å². The first-order valence-electron chi connectivity index (χ1n) is 9.40. The van der Waals surface area contributed by atoms with Gasteiger partial charge in [0.2, 0.25) is 8.67 Å². The van der Waals surface area contributed by atoms with Crippen LogP contribution in [0.5, 0.6) is 0 Å². The number of anilines is 1. The summed E-state index contributed by atoms with van der Waals surface area (Å²) < 4.78 is 12.2. The number of aryl methyl sites for hydroxylation is 2. The average Bonchev–Trinajstić information content (AvgIpc) is 2.88. The Bertz CT molecular complexity index is 1420. The minimum atomic E-state index is -0.0532. The number of fused-ring (bicyclic) bond motifs is 7. The summed E-state index contributed by atoms with van der Waals surface area (Å²) >= 11 is 0. The molecule has 0 N–H and O–H groups in total. The topological polar surface area (TPSA) is 29.5 Å². The second-order valence-corrected chi connectivity index (χ2v) is 8.19. The van der Waals surface area contributed by atoms with Gasteiger partial charge in [-0.3, -0.25) is 0 Å². The third kappa shape index (κ3) is 2.51. The lowest BCUT2D eigenvalue weighted by Crippen LogP contribution is -2.09. The van der Waals surface area contributed by atoms with E-state index in [0.29, 0.717) is 0 Å². The Morgan fingerprint density at radius 2 is 1.61 bits per heavy atom. The van der Waals surface area contributed by atoms with Crippen molar-refractivity contribution in [3.63, 3.8) is 0 Å². The van der Waals surface area contributed by atoms with Crippen LogP contribution in [0.25, 0.3) is 43.5 Å². The average molecular weight is 387 g/mol. The Balaban J connectivity index is 2.19. The van der Waals surface area contributed by atoms with Gasteiger partial charge in [-0.1, -0.05) is 36.4 Å². The molecule has 0 aliphatic heterocycles. The van der Waals surface area contributed by atoms with E-state index in [4.69, 9.17) is 8.39 Å². The second kappa shape index (κ2) is 6.32. The van der Waals surface area contributed by atoms with E-state index in [1.54, 1.807) is 0 Å². The third-order valence-electron chi connectivity index (χ3n) is 5.44. The molecule has 0 bridgehead atoms. The molecule has 0 spiro atoms. The summed E-state index contributed by atoms with van der Waals surface area (Å²) in [7, 11) is 4.14. The highest BCUT2D eigenvalue weighted by molar-refractivity contribution is 7.15. The Kier molecular flexibility index (Phi) is 3.89. The maximum Gasteiger partial charge on any atom is 0.201 e. The molecular weight excluding hydrogens is 365 g/mol. The zero-order valence-corrected chi connectivity index (χ0v) is 17.5. The van der Waals surface area contributed by atoms with Gasteiger partial charge in [0.15, 0.2) is 0 Å². The third-order valence-corrected chi connectivity index (χ3v) is 6.03. The van der Waals surface area contributed by atoms with E-state index in [9.17, 15) is 0 Å². The van der Waals surface area contributed by atoms with Crippen molar-refractivity contribution in [2.24, 2.45) is 0 Å². The van der Waals surface area contributed by atoms with Crippen LogP contribution >= 0.6 is 8.67 Å². The molecule has 5 aromatic rings. The highest BCUT2D eigenvalue weighted by Crippen LogP contribution is 2.41. The van der Waals surface area contributed by atoms with E-state index in [1.165, 1.54) is 32.8 Å². The monoisotopic (exact) mass is 387 g/mol. The van der Waals surface area contributed by atoms with E-state index in [-0.39, 0.29) is 8.67 Å². The van der Waals surface area contributed by atoms with Gasteiger partial charge < -0.3 is 13.3 Å². The quantitative estimate of drug-likeness (QED) is 0.302. The van der Waals surface area contributed by atoms with Crippen molar-refractivity contribution in [1.29, 1.82) is 0 Å². The number of hydrogen-bond acceptors (Lipinski definition) is 3. The highest BCUT2D eigenvalue weighted by Gasteiger charge is 2.15. The molecule has 0 fully saturated rings. The van der Waals surface area contributed by atoms with Crippen LogP contribution in [0.3, 0.4) is 0 Å². The molecule has 0 saturated carbocycles. The highest BCUT2D eigenvalue weighted by atomic mass is 31.1. The SMILES string of the molecule is Cc1cc(N(C)C)c2cc(C)c3o[pH]oc4ccc5ccccc5c4c3c2c1. The van der Waals surface area contributed by atoms with Gasteiger partial charge in [-0.15, -0.1) is 0 Å². The molecule has 1 aromatic heterocycles. The zero-order valence-electron chi connectivity index (χ0n) is 16.5. The molecule has 4 aromatic carbocycles. The lowest BCUT2D eigenvalue weighted by molar-refractivity contribution is 0.661. The predicted octanol–water partition coefficient (Wildman–Crippen LogP) is 7.32. The van der Waals surface area contributed by atoms with Gasteiger partial charge >= 0.3 is 0 Å². The van der Waals surface area contributed by atoms with Gasteiger partial charge in [0.1, 0.15) is 11.2 Å². The minimum Gasteiger partial charge on any atom is -0.421 e. The van der Waals surface area contributed by atoms with E-state index in [0.717, 1.165) is 27.5 Å². The lowest BCUT2D eigenvalue weighted by atomic mass is 9.94. The van der Waals surface area contributed by atoms with E-state index in [2.05, 4.69) is 87.4 Å². The summed E-state index contributed by atoms with van der Waals surface area (Å²) in [5, 5.41) is 7.10. The van der Waals surface area contributed by atoms with Gasteiger partial charge in [0, 0.05) is 35.9 Å². The molecule has 0 aliphatic carbocycles. The number of nitrogens with zero attached hydrogens (tertiary/aromatic N) is 1. The van der Waals surface area contributed by atoms with E-state index < -0.39 is 0 Å². The van der Waals surface area contributed by atoms with Crippen LogP contribution in [0.1, 0.15) is 11.1 Å². The number of rotatable bonds is 1. The van der Waals surface area contributed by atoms with Crippen molar-refractivity contribution in [3.8, 4) is 0 Å². The Labute approximate surface area is 165 Å². The summed E-state index contributed by atoms with van der Waals surface area (Å²) in [5.41, 5.74) is 5.39. The molecular formula is C24H22NO2P. The number of hydrogen-bond donors (Lipinski definition) is 0. The van der Waals surface area contributed by atoms with Crippen LogP contribution in [-0.2, 0) is 0 Å². The first-order chi connectivity index (χ1) is 13.5. The fourth-order valence-electron chi connectivity index (χ4n) is 4.19. The molecule has 5 rings (SSSR count). The molecule has 0 amide bonds. The van der Waals surface area contributed by atoms with E-state index >= 15 is 0 Å². The molecule has 0 radical (unpaired) electrons. The van der Waals surface area contributed by atoms with Gasteiger partial charge in [-0.2, -0.15) is 0 Å². The molecule has 28 heavy (non-hydrogen) atoms. The molecule has 1 unspecified atom stereocenters. The fraction of sp³-hybridized carbons (Fsp3) is 0.167. The normalized spacial score (nSPS) is 11.9. The Morgan fingerprint density at radius 3 is 2.43 bits per heavy atom. The minimum absolute atomic E-state index is 0.0532. The summed E-state index contributed by atoms with van der Waals surface area (Å²) in [6.07, 6.45) is 0. The smallest absolute Gasteiger partial charge is 0.201 e. The van der Waals surface area contributed by atoms with Crippen molar-refractivity contribution in [3.05, 3.63) is 65.7 Å². The van der Waals surface area contributed by atoms with Crippen molar-refractivity contribution in [2.75, 3.05) is 19.0 Å². The predicted molar refractivity (Wildman–Crippen MR) is 122 cm³/mol. The first kappa shape index (κ1) is 17.2. The maximum absolute atomic E-state index is 6.15. The largest absolute Gasteiger partial charge is 0.421 e. The maximum atomic E-state index is 6.15. The Hall–Kier alpha value is -2.90. The summed E-state index contributed by atoms with van der Waals surface area (Å²) in [5.74, 6) is 0. The molecule has 4 heteroatoms. The van der Waals surface area contributed by atoms with Gasteiger partial charge in [0.25, 0.3) is 0 Å². The van der Waals surface area contributed by atoms with Crippen LogP contribution in [0, 0.1) is 13.8 Å². The van der Waals surface area contributed by atoms with E-state index in [1.807, 2.05) is 0 Å². The van der Waals surface area contributed by atoms with Gasteiger partial charge in [-0.05, 0) is 59.3 Å². The van der Waals surface area contributed by atoms with Crippen LogP contribution in [0.15, 0.2) is 63.0 Å². The molecule has 0 aliphatic rings. The van der Waals surface area contributed by atoms with Gasteiger partial charge in [-0.25, -0.2) is 0 Å². The molecule has 140 valence electrons. The molecule has 1 heterocycles.